The molecule has 8 nitrogen and oxygen atoms in total. The molecule has 0 unspecified atom stereocenters. The van der Waals surface area contributed by atoms with Crippen molar-refractivity contribution in [2.75, 3.05) is 33.9 Å². The molecule has 0 heterocycles. The summed E-state index contributed by atoms with van der Waals surface area (Å²) in [6.07, 6.45) is 1.40. The van der Waals surface area contributed by atoms with E-state index in [1.165, 1.54) is 25.2 Å². The first-order valence-electron chi connectivity index (χ1n) is 6.41. The van der Waals surface area contributed by atoms with Crippen LogP contribution >= 0.6 is 0 Å². The largest absolute Gasteiger partial charge is 0.480 e. The summed E-state index contributed by atoms with van der Waals surface area (Å²) in [5, 5.41) is 11.4. The maximum Gasteiger partial charge on any atom is 0.326 e. The number of hydrogen-bond donors (Lipinski definition) is 2. The maximum atomic E-state index is 12.0. The SMILES string of the molecule is C=CCN(CCOC)C(=O)N[C@H](CCC(=O)OC)C(=O)O. The van der Waals surface area contributed by atoms with Crippen LogP contribution in [0.5, 0.6) is 0 Å². The van der Waals surface area contributed by atoms with Gasteiger partial charge in [-0.15, -0.1) is 6.58 Å². The number of aliphatic carboxylic acids is 1. The van der Waals surface area contributed by atoms with E-state index in [4.69, 9.17) is 9.84 Å². The Bertz CT molecular complexity index is 372. The van der Waals surface area contributed by atoms with E-state index in [-0.39, 0.29) is 19.4 Å². The molecule has 2 N–H and O–H groups in total. The Labute approximate surface area is 123 Å². The van der Waals surface area contributed by atoms with Crippen LogP contribution in [-0.4, -0.2) is 67.9 Å². The smallest absolute Gasteiger partial charge is 0.326 e. The minimum atomic E-state index is -1.21. The van der Waals surface area contributed by atoms with Crippen LogP contribution in [-0.2, 0) is 19.1 Å². The third kappa shape index (κ3) is 7.93. The zero-order chi connectivity index (χ0) is 16.3. The van der Waals surface area contributed by atoms with Crippen LogP contribution < -0.4 is 5.32 Å². The molecule has 8 heteroatoms. The average molecular weight is 302 g/mol. The minimum Gasteiger partial charge on any atom is -0.480 e. The molecule has 0 fully saturated rings. The lowest BCUT2D eigenvalue weighted by molar-refractivity contribution is -0.142. The standard InChI is InChI=1S/C13H22N2O6/c1-4-7-15(8-9-20-2)13(19)14-10(12(17)18)5-6-11(16)21-3/h4,10H,1,5-9H2,2-3H3,(H,14,19)(H,17,18)/t10-/m1/s1. The normalized spacial score (nSPS) is 11.3. The molecule has 0 aliphatic carbocycles. The van der Waals surface area contributed by atoms with Crippen molar-refractivity contribution in [3.63, 3.8) is 0 Å². The van der Waals surface area contributed by atoms with Crippen molar-refractivity contribution in [1.82, 2.24) is 10.2 Å². The second kappa shape index (κ2) is 10.7. The Hall–Kier alpha value is -2.09. The lowest BCUT2D eigenvalue weighted by Gasteiger charge is -2.23. The highest BCUT2D eigenvalue weighted by molar-refractivity contribution is 5.83. The Kier molecular flexibility index (Phi) is 9.61. The summed E-state index contributed by atoms with van der Waals surface area (Å²) < 4.78 is 9.32. The number of carbonyl (C=O) groups excluding carboxylic acids is 2. The molecular formula is C13H22N2O6. The van der Waals surface area contributed by atoms with E-state index in [9.17, 15) is 14.4 Å². The molecular weight excluding hydrogens is 280 g/mol. The molecule has 0 spiro atoms. The van der Waals surface area contributed by atoms with Gasteiger partial charge in [0.05, 0.1) is 13.7 Å². The highest BCUT2D eigenvalue weighted by Crippen LogP contribution is 2.01. The number of amides is 2. The van der Waals surface area contributed by atoms with Crippen molar-refractivity contribution < 1.29 is 29.0 Å². The van der Waals surface area contributed by atoms with E-state index >= 15 is 0 Å². The molecule has 1 atom stereocenters. The summed E-state index contributed by atoms with van der Waals surface area (Å²) in [5.74, 6) is -1.74. The first-order valence-corrected chi connectivity index (χ1v) is 6.41. The fourth-order valence-electron chi connectivity index (χ4n) is 1.50. The number of hydrogen-bond acceptors (Lipinski definition) is 5. The number of nitrogens with zero attached hydrogens (tertiary/aromatic N) is 1. The molecule has 0 saturated carbocycles. The average Bonchev–Trinajstić information content (AvgIpc) is 2.46. The van der Waals surface area contributed by atoms with Crippen molar-refractivity contribution >= 4 is 18.0 Å². The van der Waals surface area contributed by atoms with Crippen LogP contribution in [0.2, 0.25) is 0 Å². The Morgan fingerprint density at radius 3 is 2.52 bits per heavy atom. The van der Waals surface area contributed by atoms with E-state index in [1.54, 1.807) is 0 Å². The highest BCUT2D eigenvalue weighted by Gasteiger charge is 2.23. The van der Waals surface area contributed by atoms with Crippen molar-refractivity contribution in [3.05, 3.63) is 12.7 Å². The van der Waals surface area contributed by atoms with Crippen LogP contribution in [0.1, 0.15) is 12.8 Å². The molecule has 2 amide bonds. The van der Waals surface area contributed by atoms with E-state index < -0.39 is 24.0 Å². The molecule has 0 radical (unpaired) electrons. The van der Waals surface area contributed by atoms with Crippen molar-refractivity contribution in [3.8, 4) is 0 Å². The van der Waals surface area contributed by atoms with Gasteiger partial charge in [-0.3, -0.25) is 4.79 Å². The fourth-order valence-corrected chi connectivity index (χ4v) is 1.50. The van der Waals surface area contributed by atoms with Crippen LogP contribution in [0.25, 0.3) is 0 Å². The Morgan fingerprint density at radius 1 is 1.38 bits per heavy atom. The molecule has 120 valence electrons. The van der Waals surface area contributed by atoms with Crippen LogP contribution in [0.15, 0.2) is 12.7 Å². The zero-order valence-electron chi connectivity index (χ0n) is 12.3. The van der Waals surface area contributed by atoms with E-state index in [0.29, 0.717) is 13.2 Å². The molecule has 21 heavy (non-hydrogen) atoms. The summed E-state index contributed by atoms with van der Waals surface area (Å²) in [7, 11) is 2.72. The fraction of sp³-hybridized carbons (Fsp3) is 0.615. The van der Waals surface area contributed by atoms with Gasteiger partial charge in [0.25, 0.3) is 0 Å². The quantitative estimate of drug-likeness (QED) is 0.442. The number of nitrogens with one attached hydrogen (secondary N) is 1. The number of esters is 1. The van der Waals surface area contributed by atoms with Gasteiger partial charge in [-0.1, -0.05) is 6.08 Å². The molecule has 0 saturated heterocycles. The van der Waals surface area contributed by atoms with Crippen LogP contribution in [0.4, 0.5) is 4.79 Å². The van der Waals surface area contributed by atoms with Crippen molar-refractivity contribution in [2.45, 2.75) is 18.9 Å². The first kappa shape index (κ1) is 18.9. The van der Waals surface area contributed by atoms with Gasteiger partial charge in [0, 0.05) is 26.6 Å². The van der Waals surface area contributed by atoms with Gasteiger partial charge < -0.3 is 24.8 Å². The Morgan fingerprint density at radius 2 is 2.05 bits per heavy atom. The molecule has 0 rings (SSSR count). The maximum absolute atomic E-state index is 12.0. The second-order valence-electron chi connectivity index (χ2n) is 4.18. The summed E-state index contributed by atoms with van der Waals surface area (Å²) in [6.45, 7) is 4.42. The summed E-state index contributed by atoms with van der Waals surface area (Å²) >= 11 is 0. The summed E-state index contributed by atoms with van der Waals surface area (Å²) in [5.41, 5.74) is 0. The monoisotopic (exact) mass is 302 g/mol. The summed E-state index contributed by atoms with van der Waals surface area (Å²) in [4.78, 5) is 35.5. The van der Waals surface area contributed by atoms with E-state index in [0.717, 1.165) is 0 Å². The number of urea groups is 1. The summed E-state index contributed by atoms with van der Waals surface area (Å²) in [6, 6.07) is -1.71. The molecule has 0 aliphatic heterocycles. The van der Waals surface area contributed by atoms with Crippen LogP contribution in [0.3, 0.4) is 0 Å². The van der Waals surface area contributed by atoms with Gasteiger partial charge in [0.15, 0.2) is 0 Å². The third-order valence-electron chi connectivity index (χ3n) is 2.66. The van der Waals surface area contributed by atoms with Gasteiger partial charge in [0.2, 0.25) is 0 Å². The lowest BCUT2D eigenvalue weighted by atomic mass is 10.1. The molecule has 0 aromatic carbocycles. The molecule has 0 bridgehead atoms. The number of rotatable bonds is 10. The lowest BCUT2D eigenvalue weighted by Crippen LogP contribution is -2.49. The van der Waals surface area contributed by atoms with Gasteiger partial charge in [-0.2, -0.15) is 0 Å². The van der Waals surface area contributed by atoms with Gasteiger partial charge in [-0.25, -0.2) is 9.59 Å². The van der Waals surface area contributed by atoms with Crippen molar-refractivity contribution in [1.29, 1.82) is 0 Å². The number of methoxy groups -OCH3 is 2. The predicted molar refractivity (Wildman–Crippen MR) is 74.9 cm³/mol. The Balaban J connectivity index is 4.57. The first-order chi connectivity index (χ1) is 9.96. The van der Waals surface area contributed by atoms with Gasteiger partial charge in [0.1, 0.15) is 6.04 Å². The third-order valence-corrected chi connectivity index (χ3v) is 2.66. The molecule has 0 aromatic heterocycles. The predicted octanol–water partition coefficient (Wildman–Crippen LogP) is 0.237. The van der Waals surface area contributed by atoms with Gasteiger partial charge >= 0.3 is 18.0 Å². The number of carboxylic acids is 1. The number of ether oxygens (including phenoxy) is 2. The van der Waals surface area contributed by atoms with Gasteiger partial charge in [-0.05, 0) is 6.42 Å². The number of carbonyl (C=O) groups is 3. The topological polar surface area (TPSA) is 105 Å². The van der Waals surface area contributed by atoms with E-state index in [1.807, 2.05) is 0 Å². The second-order valence-corrected chi connectivity index (χ2v) is 4.18. The minimum absolute atomic E-state index is 0.0417. The zero-order valence-corrected chi connectivity index (χ0v) is 12.3. The number of carboxylic acid groups (broad SMARTS) is 1. The van der Waals surface area contributed by atoms with Crippen LogP contribution in [0, 0.1) is 0 Å². The van der Waals surface area contributed by atoms with Crippen molar-refractivity contribution in [2.24, 2.45) is 0 Å². The molecule has 0 aliphatic rings. The van der Waals surface area contributed by atoms with E-state index in [2.05, 4.69) is 16.6 Å². The highest BCUT2D eigenvalue weighted by atomic mass is 16.5. The molecule has 0 aromatic rings.